The van der Waals surface area contributed by atoms with Crippen molar-refractivity contribution in [3.63, 3.8) is 0 Å². The number of rotatable bonds is 4. The summed E-state index contributed by atoms with van der Waals surface area (Å²) in [6, 6.07) is 3.04. The normalized spacial score (nSPS) is 12.1. The molecule has 7 heteroatoms. The van der Waals surface area contributed by atoms with E-state index in [1.54, 1.807) is 13.8 Å². The zero-order chi connectivity index (χ0) is 13.2. The minimum Gasteiger partial charge on any atom is -0.207 e. The van der Waals surface area contributed by atoms with Gasteiger partial charge in [0.25, 0.3) is 0 Å². The van der Waals surface area contributed by atoms with E-state index in [1.807, 2.05) is 0 Å². The topological polar surface area (TPSA) is 37.4 Å². The van der Waals surface area contributed by atoms with Crippen LogP contribution in [-0.4, -0.2) is 25.8 Å². The van der Waals surface area contributed by atoms with E-state index in [0.717, 1.165) is 0 Å². The molecule has 0 bridgehead atoms. The molecule has 0 amide bonds. The van der Waals surface area contributed by atoms with Crippen molar-refractivity contribution < 1.29 is 8.42 Å². The summed E-state index contributed by atoms with van der Waals surface area (Å²) in [7, 11) is -3.63. The minimum absolute atomic E-state index is 0.0345. The zero-order valence-corrected chi connectivity index (χ0v) is 13.3. The molecule has 1 rings (SSSR count). The van der Waals surface area contributed by atoms with Crippen LogP contribution in [0.25, 0.3) is 0 Å². The fourth-order valence-corrected chi connectivity index (χ4v) is 4.81. The summed E-state index contributed by atoms with van der Waals surface area (Å²) in [5.41, 5.74) is 0. The van der Waals surface area contributed by atoms with Crippen LogP contribution in [0.15, 0.2) is 21.5 Å². The third-order valence-electron chi connectivity index (χ3n) is 2.27. The van der Waals surface area contributed by atoms with Gasteiger partial charge in [-0.05, 0) is 12.1 Å². The van der Waals surface area contributed by atoms with Crippen molar-refractivity contribution in [2.45, 2.75) is 18.7 Å². The smallest absolute Gasteiger partial charge is 0.207 e. The summed E-state index contributed by atoms with van der Waals surface area (Å²) in [6.45, 7) is 4.28. The molecule has 0 saturated carbocycles. The average Bonchev–Trinajstić information content (AvgIpc) is 2.16. The highest BCUT2D eigenvalue weighted by atomic mass is 79.9. The quantitative estimate of drug-likeness (QED) is 0.819. The Morgan fingerprint density at radius 3 is 1.94 bits per heavy atom. The van der Waals surface area contributed by atoms with Crippen molar-refractivity contribution in [1.29, 1.82) is 0 Å². The van der Waals surface area contributed by atoms with E-state index in [2.05, 4.69) is 15.9 Å². The molecule has 0 aliphatic heterocycles. The van der Waals surface area contributed by atoms with Crippen molar-refractivity contribution in [1.82, 2.24) is 4.31 Å². The molecule has 17 heavy (non-hydrogen) atoms. The van der Waals surface area contributed by atoms with Gasteiger partial charge in [-0.1, -0.05) is 53.0 Å². The van der Waals surface area contributed by atoms with Crippen molar-refractivity contribution in [3.8, 4) is 0 Å². The highest BCUT2D eigenvalue weighted by molar-refractivity contribution is 9.10. The van der Waals surface area contributed by atoms with E-state index < -0.39 is 10.0 Å². The molecule has 0 heterocycles. The van der Waals surface area contributed by atoms with Crippen molar-refractivity contribution >= 4 is 49.2 Å². The van der Waals surface area contributed by atoms with Gasteiger partial charge in [-0.3, -0.25) is 0 Å². The molecule has 0 atom stereocenters. The van der Waals surface area contributed by atoms with Crippen LogP contribution in [0.1, 0.15) is 13.8 Å². The minimum atomic E-state index is -3.63. The van der Waals surface area contributed by atoms with Gasteiger partial charge in [0.05, 0.1) is 10.0 Å². The molecule has 0 radical (unpaired) electrons. The second-order valence-corrected chi connectivity index (χ2v) is 6.89. The molecule has 0 aliphatic rings. The second-order valence-electron chi connectivity index (χ2n) is 3.29. The lowest BCUT2D eigenvalue weighted by atomic mass is 10.4. The molecule has 0 N–H and O–H groups in total. The van der Waals surface area contributed by atoms with Gasteiger partial charge in [0.15, 0.2) is 0 Å². The number of hydrogen-bond acceptors (Lipinski definition) is 2. The van der Waals surface area contributed by atoms with Crippen LogP contribution in [0, 0.1) is 0 Å². The molecule has 3 nitrogen and oxygen atoms in total. The second kappa shape index (κ2) is 5.89. The Balaban J connectivity index is 3.44. The van der Waals surface area contributed by atoms with E-state index in [-0.39, 0.29) is 14.9 Å². The molecule has 96 valence electrons. The molecule has 0 aliphatic carbocycles. The highest BCUT2D eigenvalue weighted by Crippen LogP contribution is 2.34. The maximum absolute atomic E-state index is 12.3. The number of hydrogen-bond donors (Lipinski definition) is 0. The van der Waals surface area contributed by atoms with E-state index in [4.69, 9.17) is 23.2 Å². The lowest BCUT2D eigenvalue weighted by Gasteiger charge is -2.20. The lowest BCUT2D eigenvalue weighted by Crippen LogP contribution is -2.31. The molecule has 1 aromatic rings. The first-order valence-corrected chi connectivity index (χ1v) is 7.98. The fourth-order valence-electron chi connectivity index (χ4n) is 1.47. The Morgan fingerprint density at radius 1 is 1.18 bits per heavy atom. The molecule has 0 spiro atoms. The molecule has 1 aromatic carbocycles. The number of halogens is 3. The summed E-state index contributed by atoms with van der Waals surface area (Å²) in [5.74, 6) is 0. The lowest BCUT2D eigenvalue weighted by molar-refractivity contribution is 0.445. The van der Waals surface area contributed by atoms with Crippen LogP contribution in [0.2, 0.25) is 10.0 Å². The van der Waals surface area contributed by atoms with Crippen LogP contribution in [0.5, 0.6) is 0 Å². The summed E-state index contributed by atoms with van der Waals surface area (Å²) in [5, 5.41) is 0.243. The van der Waals surface area contributed by atoms with Gasteiger partial charge in [-0.2, -0.15) is 4.31 Å². The van der Waals surface area contributed by atoms with Crippen LogP contribution < -0.4 is 0 Å². The number of benzene rings is 1. The van der Waals surface area contributed by atoms with Gasteiger partial charge < -0.3 is 0 Å². The fraction of sp³-hybridized carbons (Fsp3) is 0.400. The maximum atomic E-state index is 12.3. The predicted molar refractivity (Wildman–Crippen MR) is 74.3 cm³/mol. The Labute approximate surface area is 120 Å². The first-order chi connectivity index (χ1) is 7.84. The maximum Gasteiger partial charge on any atom is 0.246 e. The van der Waals surface area contributed by atoms with Crippen molar-refractivity contribution in [2.24, 2.45) is 0 Å². The van der Waals surface area contributed by atoms with Gasteiger partial charge in [0, 0.05) is 17.6 Å². The van der Waals surface area contributed by atoms with Crippen LogP contribution in [0.4, 0.5) is 0 Å². The van der Waals surface area contributed by atoms with Gasteiger partial charge in [0.2, 0.25) is 10.0 Å². The summed E-state index contributed by atoms with van der Waals surface area (Å²) in [6.07, 6.45) is 0. The van der Waals surface area contributed by atoms with Crippen LogP contribution >= 0.6 is 39.1 Å². The molecule has 0 aromatic heterocycles. The first kappa shape index (κ1) is 15.2. The van der Waals surface area contributed by atoms with Gasteiger partial charge >= 0.3 is 0 Å². The summed E-state index contributed by atoms with van der Waals surface area (Å²) in [4.78, 5) is -0.0345. The van der Waals surface area contributed by atoms with E-state index in [1.165, 1.54) is 16.4 Å². The van der Waals surface area contributed by atoms with Crippen LogP contribution in [0.3, 0.4) is 0 Å². The molecule has 0 saturated heterocycles. The van der Waals surface area contributed by atoms with Gasteiger partial charge in [-0.15, -0.1) is 0 Å². The molecular weight excluding hydrogens is 349 g/mol. The SMILES string of the molecule is CCN(CC)S(=O)(=O)c1c(Cl)cc(Br)cc1Cl. The van der Waals surface area contributed by atoms with E-state index in [0.29, 0.717) is 17.6 Å². The van der Waals surface area contributed by atoms with Gasteiger partial charge in [0.1, 0.15) is 4.90 Å². The summed E-state index contributed by atoms with van der Waals surface area (Å²) < 4.78 is 26.5. The van der Waals surface area contributed by atoms with Crippen LogP contribution in [-0.2, 0) is 10.0 Å². The zero-order valence-electron chi connectivity index (χ0n) is 9.37. The Bertz CT molecular complexity index is 492. The molecule has 0 fully saturated rings. The largest absolute Gasteiger partial charge is 0.246 e. The Kier molecular flexibility index (Phi) is 5.28. The monoisotopic (exact) mass is 359 g/mol. The average molecular weight is 361 g/mol. The Hall–Kier alpha value is 0.190. The predicted octanol–water partition coefficient (Wildman–Crippen LogP) is 3.79. The highest BCUT2D eigenvalue weighted by Gasteiger charge is 2.27. The molecular formula is C10H12BrCl2NO2S. The third-order valence-corrected chi connectivity index (χ3v) is 5.70. The summed E-state index contributed by atoms with van der Waals surface area (Å²) >= 11 is 15.1. The standard InChI is InChI=1S/C10H12BrCl2NO2S/c1-3-14(4-2)17(15,16)10-8(12)5-7(11)6-9(10)13/h5-6H,3-4H2,1-2H3. The van der Waals surface area contributed by atoms with Crippen molar-refractivity contribution in [3.05, 3.63) is 26.7 Å². The number of sulfonamides is 1. The van der Waals surface area contributed by atoms with E-state index in [9.17, 15) is 8.42 Å². The third kappa shape index (κ3) is 3.15. The van der Waals surface area contributed by atoms with Gasteiger partial charge in [-0.25, -0.2) is 8.42 Å². The first-order valence-electron chi connectivity index (χ1n) is 4.99. The van der Waals surface area contributed by atoms with Crippen molar-refractivity contribution in [2.75, 3.05) is 13.1 Å². The molecule has 0 unspecified atom stereocenters. The van der Waals surface area contributed by atoms with E-state index >= 15 is 0 Å². The Morgan fingerprint density at radius 2 is 1.59 bits per heavy atom. The number of nitrogens with zero attached hydrogens (tertiary/aromatic N) is 1.